The van der Waals surface area contributed by atoms with Crippen molar-refractivity contribution in [2.24, 2.45) is 0 Å². The van der Waals surface area contributed by atoms with Crippen molar-refractivity contribution in [1.82, 2.24) is 0 Å². The van der Waals surface area contributed by atoms with E-state index in [1.54, 1.807) is 36.4 Å². The van der Waals surface area contributed by atoms with Crippen molar-refractivity contribution >= 4 is 23.3 Å². The second kappa shape index (κ2) is 8.90. The summed E-state index contributed by atoms with van der Waals surface area (Å²) in [5, 5.41) is 2.62. The Labute approximate surface area is 161 Å². The van der Waals surface area contributed by atoms with Gasteiger partial charge in [-0.3, -0.25) is 9.59 Å². The summed E-state index contributed by atoms with van der Waals surface area (Å²) in [5.41, 5.74) is 0.706. The Kier molecular flexibility index (Phi) is 6.11. The van der Waals surface area contributed by atoms with Crippen molar-refractivity contribution in [2.75, 3.05) is 31.7 Å². The van der Waals surface area contributed by atoms with Gasteiger partial charge in [-0.15, -0.1) is 0 Å². The molecule has 0 atom stereocenters. The van der Waals surface area contributed by atoms with E-state index in [0.29, 0.717) is 35.1 Å². The molecule has 2 aromatic rings. The van der Waals surface area contributed by atoms with Crippen molar-refractivity contribution in [3.63, 3.8) is 0 Å². The maximum Gasteiger partial charge on any atom is 0.344 e. The van der Waals surface area contributed by atoms with E-state index in [9.17, 15) is 14.4 Å². The zero-order valence-electron chi connectivity index (χ0n) is 15.2. The molecule has 28 heavy (non-hydrogen) atoms. The van der Waals surface area contributed by atoms with E-state index in [4.69, 9.17) is 18.9 Å². The summed E-state index contributed by atoms with van der Waals surface area (Å²) in [6, 6.07) is 11.4. The number of esters is 1. The molecule has 0 fully saturated rings. The Hall–Kier alpha value is -3.55. The third kappa shape index (κ3) is 5.00. The molecule has 0 radical (unpaired) electrons. The van der Waals surface area contributed by atoms with E-state index in [1.807, 2.05) is 6.92 Å². The maximum atomic E-state index is 12.2. The van der Waals surface area contributed by atoms with Crippen LogP contribution in [0, 0.1) is 0 Å². The number of anilines is 1. The molecule has 8 nitrogen and oxygen atoms in total. The summed E-state index contributed by atoms with van der Waals surface area (Å²) in [6.07, 6.45) is 0. The van der Waals surface area contributed by atoms with Crippen LogP contribution in [0.2, 0.25) is 0 Å². The standard InChI is InChI=1S/C20H19NO7/c1-2-25-14-4-6-15(7-5-14)26-12-20(24)28-10-17(22)13-3-8-18-16(9-13)21-19(23)11-27-18/h3-9H,2,10-12H2,1H3,(H,21,23). The van der Waals surface area contributed by atoms with Crippen molar-refractivity contribution in [2.45, 2.75) is 6.92 Å². The number of ketones is 1. The largest absolute Gasteiger partial charge is 0.494 e. The summed E-state index contributed by atoms with van der Waals surface area (Å²) in [7, 11) is 0. The van der Waals surface area contributed by atoms with Gasteiger partial charge in [0.25, 0.3) is 5.91 Å². The number of rotatable bonds is 8. The van der Waals surface area contributed by atoms with Crippen LogP contribution < -0.4 is 19.5 Å². The van der Waals surface area contributed by atoms with Crippen LogP contribution in [0.25, 0.3) is 0 Å². The van der Waals surface area contributed by atoms with Crippen LogP contribution in [0.1, 0.15) is 17.3 Å². The number of carbonyl (C=O) groups excluding carboxylic acids is 3. The first-order chi connectivity index (χ1) is 13.5. The molecule has 0 saturated carbocycles. The van der Waals surface area contributed by atoms with E-state index in [0.717, 1.165) is 0 Å². The van der Waals surface area contributed by atoms with Crippen LogP contribution in [0.15, 0.2) is 42.5 Å². The summed E-state index contributed by atoms with van der Waals surface area (Å²) in [5.74, 6) is 0.299. The minimum atomic E-state index is -0.670. The molecule has 1 heterocycles. The van der Waals surface area contributed by atoms with Crippen LogP contribution in [0.3, 0.4) is 0 Å². The van der Waals surface area contributed by atoms with E-state index in [1.165, 1.54) is 6.07 Å². The first-order valence-electron chi connectivity index (χ1n) is 8.66. The fraction of sp³-hybridized carbons (Fsp3) is 0.250. The summed E-state index contributed by atoms with van der Waals surface area (Å²) >= 11 is 0. The van der Waals surface area contributed by atoms with Crippen LogP contribution in [-0.2, 0) is 14.3 Å². The normalized spacial score (nSPS) is 12.2. The smallest absolute Gasteiger partial charge is 0.344 e. The average molecular weight is 385 g/mol. The highest BCUT2D eigenvalue weighted by atomic mass is 16.6. The Balaban J connectivity index is 1.47. The molecule has 0 aromatic heterocycles. The van der Waals surface area contributed by atoms with Crippen molar-refractivity contribution in [1.29, 1.82) is 0 Å². The fourth-order valence-electron chi connectivity index (χ4n) is 2.47. The zero-order valence-corrected chi connectivity index (χ0v) is 15.2. The minimum absolute atomic E-state index is 0.0632. The Morgan fingerprint density at radius 3 is 2.46 bits per heavy atom. The Morgan fingerprint density at radius 1 is 1.04 bits per heavy atom. The topological polar surface area (TPSA) is 100 Å². The third-order valence-electron chi connectivity index (χ3n) is 3.79. The molecule has 1 N–H and O–H groups in total. The Bertz CT molecular complexity index is 877. The number of nitrogens with one attached hydrogen (secondary N) is 1. The molecule has 0 saturated heterocycles. The number of hydrogen-bond donors (Lipinski definition) is 1. The van der Waals surface area contributed by atoms with Crippen molar-refractivity contribution in [3.8, 4) is 17.2 Å². The van der Waals surface area contributed by atoms with Gasteiger partial charge in [0.15, 0.2) is 25.6 Å². The molecule has 0 unspecified atom stereocenters. The van der Waals surface area contributed by atoms with E-state index in [2.05, 4.69) is 5.32 Å². The van der Waals surface area contributed by atoms with Gasteiger partial charge in [-0.2, -0.15) is 0 Å². The summed E-state index contributed by atoms with van der Waals surface area (Å²) < 4.78 is 20.8. The lowest BCUT2D eigenvalue weighted by Gasteiger charge is -2.18. The fourth-order valence-corrected chi connectivity index (χ4v) is 2.47. The van der Waals surface area contributed by atoms with Gasteiger partial charge in [-0.1, -0.05) is 0 Å². The number of carbonyl (C=O) groups is 3. The Morgan fingerprint density at radius 2 is 1.75 bits per heavy atom. The number of amides is 1. The maximum absolute atomic E-state index is 12.2. The zero-order chi connectivity index (χ0) is 19.9. The number of fused-ring (bicyclic) bond motifs is 1. The molecule has 0 aliphatic carbocycles. The van der Waals surface area contributed by atoms with Crippen molar-refractivity contribution < 1.29 is 33.3 Å². The highest BCUT2D eigenvalue weighted by molar-refractivity contribution is 6.01. The number of hydrogen-bond acceptors (Lipinski definition) is 7. The first kappa shape index (κ1) is 19.2. The third-order valence-corrected chi connectivity index (χ3v) is 3.79. The molecule has 1 amide bonds. The minimum Gasteiger partial charge on any atom is -0.494 e. The van der Waals surface area contributed by atoms with Gasteiger partial charge >= 0.3 is 5.97 Å². The molecule has 1 aliphatic heterocycles. The number of Topliss-reactive ketones (excluding diaryl/α,β-unsaturated/α-hetero) is 1. The van der Waals surface area contributed by atoms with Crippen LogP contribution in [0.5, 0.6) is 17.2 Å². The quantitative estimate of drug-likeness (QED) is 0.549. The highest BCUT2D eigenvalue weighted by Gasteiger charge is 2.18. The van der Waals surface area contributed by atoms with Gasteiger partial charge in [-0.05, 0) is 49.4 Å². The molecule has 0 bridgehead atoms. The molecular weight excluding hydrogens is 366 g/mol. The van der Waals surface area contributed by atoms with Gasteiger partial charge in [0.05, 0.1) is 12.3 Å². The van der Waals surface area contributed by atoms with Gasteiger partial charge in [0.1, 0.15) is 17.2 Å². The SMILES string of the molecule is CCOc1ccc(OCC(=O)OCC(=O)c2ccc3c(c2)NC(=O)CO3)cc1. The summed E-state index contributed by atoms with van der Waals surface area (Å²) in [6.45, 7) is 1.63. The molecule has 146 valence electrons. The average Bonchev–Trinajstić information content (AvgIpc) is 2.71. The number of ether oxygens (including phenoxy) is 4. The van der Waals surface area contributed by atoms with Gasteiger partial charge in [0, 0.05) is 5.56 Å². The van der Waals surface area contributed by atoms with Crippen LogP contribution >= 0.6 is 0 Å². The predicted molar refractivity (Wildman–Crippen MR) is 99.0 cm³/mol. The van der Waals surface area contributed by atoms with E-state index in [-0.39, 0.29) is 19.1 Å². The highest BCUT2D eigenvalue weighted by Crippen LogP contribution is 2.28. The molecule has 8 heteroatoms. The molecule has 1 aliphatic rings. The van der Waals surface area contributed by atoms with Gasteiger partial charge < -0.3 is 24.3 Å². The lowest BCUT2D eigenvalue weighted by molar-refractivity contribution is -0.144. The van der Waals surface area contributed by atoms with E-state index < -0.39 is 18.4 Å². The molecule has 0 spiro atoms. The van der Waals surface area contributed by atoms with E-state index >= 15 is 0 Å². The monoisotopic (exact) mass is 385 g/mol. The predicted octanol–water partition coefficient (Wildman–Crippen LogP) is 2.22. The first-order valence-corrected chi connectivity index (χ1v) is 8.66. The second-order valence-corrected chi connectivity index (χ2v) is 5.82. The molecular formula is C20H19NO7. The second-order valence-electron chi connectivity index (χ2n) is 5.82. The molecule has 3 rings (SSSR count). The molecule has 2 aromatic carbocycles. The van der Waals surface area contributed by atoms with Gasteiger partial charge in [0.2, 0.25) is 0 Å². The van der Waals surface area contributed by atoms with Crippen LogP contribution in [0.4, 0.5) is 5.69 Å². The lowest BCUT2D eigenvalue weighted by Crippen LogP contribution is -2.25. The van der Waals surface area contributed by atoms with Crippen LogP contribution in [-0.4, -0.2) is 44.1 Å². The summed E-state index contributed by atoms with van der Waals surface area (Å²) in [4.78, 5) is 35.4. The van der Waals surface area contributed by atoms with Crippen molar-refractivity contribution in [3.05, 3.63) is 48.0 Å². The van der Waals surface area contributed by atoms with Gasteiger partial charge in [-0.25, -0.2) is 4.79 Å². The lowest BCUT2D eigenvalue weighted by atomic mass is 10.1. The number of benzene rings is 2.